The minimum Gasteiger partial charge on any atom is -0.504 e. The summed E-state index contributed by atoms with van der Waals surface area (Å²) < 4.78 is 17.8. The Hall–Kier alpha value is -3.47. The molecule has 264 valence electrons. The fourth-order valence-electron chi connectivity index (χ4n) is 10.4. The molecule has 6 aliphatic rings. The van der Waals surface area contributed by atoms with Crippen molar-refractivity contribution in [2.24, 2.45) is 22.2 Å². The van der Waals surface area contributed by atoms with E-state index in [1.165, 1.54) is 14.0 Å². The first kappa shape index (κ1) is 34.0. The molecule has 3 aliphatic heterocycles. The van der Waals surface area contributed by atoms with Crippen molar-refractivity contribution in [3.8, 4) is 0 Å². The van der Waals surface area contributed by atoms with Gasteiger partial charge in [-0.25, -0.2) is 4.79 Å². The van der Waals surface area contributed by atoms with Gasteiger partial charge in [-0.3, -0.25) is 9.59 Å². The molecule has 0 radical (unpaired) electrons. The van der Waals surface area contributed by atoms with Gasteiger partial charge in [0.2, 0.25) is 5.78 Å². The second-order valence-electron chi connectivity index (χ2n) is 15.8. The highest BCUT2D eigenvalue weighted by atomic mass is 16.6. The summed E-state index contributed by atoms with van der Waals surface area (Å²) >= 11 is 0. The number of aliphatic hydroxyl groups excluding tert-OH is 2. The van der Waals surface area contributed by atoms with Crippen LogP contribution in [-0.4, -0.2) is 95.9 Å². The van der Waals surface area contributed by atoms with E-state index < -0.39 is 52.6 Å². The maximum atomic E-state index is 14.5. The number of Topliss-reactive ketones (excluding diaryl/α,β-unsaturated/α-hetero) is 1. The molecule has 49 heavy (non-hydrogen) atoms. The molecule has 10 heteroatoms. The summed E-state index contributed by atoms with van der Waals surface area (Å²) in [6, 6.07) is 10.1. The van der Waals surface area contributed by atoms with Gasteiger partial charge >= 0.3 is 11.9 Å². The number of hydrogen-bond donors (Lipinski definition) is 2. The highest BCUT2D eigenvalue weighted by molar-refractivity contribution is 6.13. The second kappa shape index (κ2) is 12.7. The molecule has 1 aromatic rings. The van der Waals surface area contributed by atoms with E-state index in [1.807, 2.05) is 32.0 Å². The number of cyclic esters (lactones) is 1. The Morgan fingerprint density at radius 1 is 1.12 bits per heavy atom. The molecule has 0 aromatic heterocycles. The van der Waals surface area contributed by atoms with Crippen LogP contribution < -0.4 is 0 Å². The van der Waals surface area contributed by atoms with Crippen LogP contribution in [0.2, 0.25) is 0 Å². The normalized spacial score (nSPS) is 37.7. The topological polar surface area (TPSA) is 126 Å². The van der Waals surface area contributed by atoms with Gasteiger partial charge in [0.25, 0.3) is 0 Å². The van der Waals surface area contributed by atoms with E-state index in [9.17, 15) is 24.6 Å². The van der Waals surface area contributed by atoms with E-state index in [0.29, 0.717) is 43.5 Å². The van der Waals surface area contributed by atoms with Crippen molar-refractivity contribution < 1.29 is 38.8 Å². The highest BCUT2D eigenvalue weighted by Crippen LogP contribution is 2.63. The molecule has 6 atom stereocenters. The Morgan fingerprint density at radius 2 is 1.84 bits per heavy atom. The Kier molecular flexibility index (Phi) is 8.81. The van der Waals surface area contributed by atoms with Gasteiger partial charge in [-0.15, -0.1) is 0 Å². The smallest absolute Gasteiger partial charge is 0.340 e. The molecule has 6 unspecified atom stereocenters. The summed E-state index contributed by atoms with van der Waals surface area (Å²) in [6.45, 7) is 9.58. The van der Waals surface area contributed by atoms with E-state index in [-0.39, 0.29) is 29.1 Å². The van der Waals surface area contributed by atoms with Gasteiger partial charge in [-0.1, -0.05) is 37.3 Å². The third-order valence-electron chi connectivity index (χ3n) is 12.7. The van der Waals surface area contributed by atoms with Crippen LogP contribution in [0.4, 0.5) is 0 Å². The quantitative estimate of drug-likeness (QED) is 0.298. The zero-order valence-electron chi connectivity index (χ0n) is 29.2. The average Bonchev–Trinajstić information content (AvgIpc) is 3.35. The lowest BCUT2D eigenvalue weighted by Gasteiger charge is -2.54. The lowest BCUT2D eigenvalue weighted by Crippen LogP contribution is -2.57. The number of piperidine rings is 2. The van der Waals surface area contributed by atoms with Crippen molar-refractivity contribution in [2.75, 3.05) is 39.9 Å². The SMILES string of the molecule is COCC1OC(=O)/C(=C\N(Cc2ccccc2)CC23CCCN(CCC2)C3)C2=C(O)C(=O)C3=C(C(OC(C)=O)CC4(C)C(O)CCC34)C21C. The molecule has 3 saturated heterocycles. The lowest BCUT2D eigenvalue weighted by atomic mass is 9.53. The van der Waals surface area contributed by atoms with Gasteiger partial charge < -0.3 is 34.2 Å². The standard InChI is InChI=1S/C39H50N2O8/c1-24(42)48-28-18-37(2)27(12-13-29(37)43)31-33(28)38(3)30(21-47-4)49-36(46)26(32(38)35(45)34(31)44)20-41(19-25-10-6-5-7-11-25)23-39-14-8-16-40(22-39)17-9-15-39/h5-7,10-11,20,27-30,43,45H,8-9,12-19,21-23H2,1-4H3/b26-20-. The number of fused-ring (bicyclic) bond motifs is 6. The Morgan fingerprint density at radius 3 is 2.51 bits per heavy atom. The first-order valence-corrected chi connectivity index (χ1v) is 17.9. The zero-order chi connectivity index (χ0) is 34.7. The summed E-state index contributed by atoms with van der Waals surface area (Å²) in [7, 11) is 1.52. The summed E-state index contributed by atoms with van der Waals surface area (Å²) in [5.41, 5.74) is 0.374. The number of hydrogen-bond acceptors (Lipinski definition) is 10. The minimum atomic E-state index is -1.25. The summed E-state index contributed by atoms with van der Waals surface area (Å²) in [4.78, 5) is 46.0. The molecule has 0 amide bonds. The third kappa shape index (κ3) is 5.64. The van der Waals surface area contributed by atoms with Gasteiger partial charge in [0.05, 0.1) is 23.7 Å². The number of methoxy groups -OCH3 is 1. The van der Waals surface area contributed by atoms with E-state index in [1.54, 1.807) is 6.20 Å². The molecule has 0 spiro atoms. The number of ether oxygens (including phenoxy) is 3. The number of carbonyl (C=O) groups is 3. The van der Waals surface area contributed by atoms with Gasteiger partial charge in [0.15, 0.2) is 5.76 Å². The second-order valence-corrected chi connectivity index (χ2v) is 15.8. The molecule has 3 heterocycles. The predicted octanol–water partition coefficient (Wildman–Crippen LogP) is 4.63. The van der Waals surface area contributed by atoms with Gasteiger partial charge in [-0.05, 0) is 82.0 Å². The molecule has 10 nitrogen and oxygen atoms in total. The number of carbonyl (C=O) groups excluding carboxylic acids is 3. The maximum Gasteiger partial charge on any atom is 0.340 e. The first-order valence-electron chi connectivity index (χ1n) is 17.9. The summed E-state index contributed by atoms with van der Waals surface area (Å²) in [5.74, 6) is -2.58. The molecular weight excluding hydrogens is 624 g/mol. The van der Waals surface area contributed by atoms with Crippen LogP contribution in [0.5, 0.6) is 0 Å². The van der Waals surface area contributed by atoms with Gasteiger partial charge in [-0.2, -0.15) is 0 Å². The molecule has 4 fully saturated rings. The van der Waals surface area contributed by atoms with Crippen LogP contribution in [0.1, 0.15) is 71.3 Å². The Labute approximate surface area is 288 Å². The van der Waals surface area contributed by atoms with Crippen molar-refractivity contribution in [1.29, 1.82) is 0 Å². The largest absolute Gasteiger partial charge is 0.504 e. The van der Waals surface area contributed by atoms with Crippen molar-refractivity contribution in [3.05, 3.63) is 70.1 Å². The number of aliphatic hydroxyl groups is 2. The summed E-state index contributed by atoms with van der Waals surface area (Å²) in [6.07, 6.45) is 5.10. The number of benzene rings is 1. The van der Waals surface area contributed by atoms with Gasteiger partial charge in [0.1, 0.15) is 12.2 Å². The predicted molar refractivity (Wildman–Crippen MR) is 181 cm³/mol. The number of rotatable bonds is 8. The summed E-state index contributed by atoms with van der Waals surface area (Å²) in [5, 5.41) is 23.2. The maximum absolute atomic E-state index is 14.5. The van der Waals surface area contributed by atoms with E-state index in [4.69, 9.17) is 14.2 Å². The molecule has 3 aliphatic carbocycles. The van der Waals surface area contributed by atoms with Crippen LogP contribution in [0, 0.1) is 22.2 Å². The van der Waals surface area contributed by atoms with Crippen molar-refractivity contribution in [1.82, 2.24) is 9.80 Å². The van der Waals surface area contributed by atoms with Crippen molar-refractivity contribution in [2.45, 2.75) is 90.6 Å². The molecule has 1 saturated carbocycles. The van der Waals surface area contributed by atoms with Crippen LogP contribution in [-0.2, 0) is 35.1 Å². The van der Waals surface area contributed by atoms with Gasteiger partial charge in [0, 0.05) is 61.8 Å². The molecule has 1 aromatic carbocycles. The minimum absolute atomic E-state index is 0.00129. The van der Waals surface area contributed by atoms with Crippen LogP contribution in [0.3, 0.4) is 0 Å². The lowest BCUT2D eigenvalue weighted by molar-refractivity contribution is -0.161. The van der Waals surface area contributed by atoms with Crippen LogP contribution in [0.25, 0.3) is 0 Å². The molecule has 2 N–H and O–H groups in total. The molecule has 2 bridgehead atoms. The van der Waals surface area contributed by atoms with E-state index in [2.05, 4.69) is 21.9 Å². The van der Waals surface area contributed by atoms with E-state index in [0.717, 1.165) is 50.9 Å². The first-order chi connectivity index (χ1) is 23.4. The van der Waals surface area contributed by atoms with Crippen molar-refractivity contribution >= 4 is 17.7 Å². The number of nitrogens with zero attached hydrogens (tertiary/aromatic N) is 2. The van der Waals surface area contributed by atoms with Crippen LogP contribution >= 0.6 is 0 Å². The van der Waals surface area contributed by atoms with Crippen molar-refractivity contribution in [3.63, 3.8) is 0 Å². The fourth-order valence-corrected chi connectivity index (χ4v) is 10.4. The Balaban J connectivity index is 1.38. The number of esters is 2. The Bertz CT molecular complexity index is 1610. The zero-order valence-corrected chi connectivity index (χ0v) is 29.2. The average molecular weight is 675 g/mol. The monoisotopic (exact) mass is 674 g/mol. The van der Waals surface area contributed by atoms with E-state index >= 15 is 0 Å². The number of allylic oxidation sites excluding steroid dienone is 1. The highest BCUT2D eigenvalue weighted by Gasteiger charge is 2.64. The molecular formula is C39H50N2O8. The number of ketones is 1. The van der Waals surface area contributed by atoms with Crippen LogP contribution in [0.15, 0.2) is 64.6 Å². The third-order valence-corrected chi connectivity index (χ3v) is 12.7. The molecule has 7 rings (SSSR count). The fraction of sp³-hybridized carbons (Fsp3) is 0.615.